The van der Waals surface area contributed by atoms with Crippen molar-refractivity contribution in [2.75, 3.05) is 23.5 Å². The van der Waals surface area contributed by atoms with Gasteiger partial charge < -0.3 is 10.5 Å². The van der Waals surface area contributed by atoms with Crippen LogP contribution < -0.4 is 10.5 Å². The fourth-order valence-electron chi connectivity index (χ4n) is 2.15. The summed E-state index contributed by atoms with van der Waals surface area (Å²) in [5.41, 5.74) is 5.85. The van der Waals surface area contributed by atoms with E-state index in [0.717, 1.165) is 6.07 Å². The molecule has 0 bridgehead atoms. The maximum absolute atomic E-state index is 13.2. The van der Waals surface area contributed by atoms with E-state index in [-0.39, 0.29) is 36.7 Å². The van der Waals surface area contributed by atoms with Crippen LogP contribution >= 0.6 is 0 Å². The summed E-state index contributed by atoms with van der Waals surface area (Å²) in [5.74, 6) is -0.555. The lowest BCUT2D eigenvalue weighted by Crippen LogP contribution is -2.49. The molecule has 3 N–H and O–H groups in total. The SMILES string of the molecule is CC1CN(S(=O)(=O)Nc2cc(F)ccc2N)CC(C)O1. The molecular weight excluding hydrogens is 285 g/mol. The van der Waals surface area contributed by atoms with Gasteiger partial charge in [0.1, 0.15) is 5.82 Å². The summed E-state index contributed by atoms with van der Waals surface area (Å²) in [6, 6.07) is 3.55. The number of anilines is 2. The van der Waals surface area contributed by atoms with Crippen LogP contribution in [0.15, 0.2) is 18.2 Å². The Morgan fingerprint density at radius 2 is 1.95 bits per heavy atom. The molecule has 0 aliphatic carbocycles. The fourth-order valence-corrected chi connectivity index (χ4v) is 3.54. The Hall–Kier alpha value is -1.38. The van der Waals surface area contributed by atoms with Gasteiger partial charge in [-0.25, -0.2) is 4.39 Å². The lowest BCUT2D eigenvalue weighted by Gasteiger charge is -2.34. The minimum Gasteiger partial charge on any atom is -0.397 e. The van der Waals surface area contributed by atoms with Gasteiger partial charge >= 0.3 is 10.2 Å². The summed E-state index contributed by atoms with van der Waals surface area (Å²) in [7, 11) is -3.78. The van der Waals surface area contributed by atoms with Gasteiger partial charge in [-0.3, -0.25) is 4.72 Å². The van der Waals surface area contributed by atoms with Crippen molar-refractivity contribution in [3.05, 3.63) is 24.0 Å². The minimum atomic E-state index is -3.78. The largest absolute Gasteiger partial charge is 0.397 e. The number of hydrogen-bond donors (Lipinski definition) is 2. The van der Waals surface area contributed by atoms with Gasteiger partial charge in [-0.1, -0.05) is 0 Å². The number of nitrogens with zero attached hydrogens (tertiary/aromatic N) is 1. The number of nitrogens with two attached hydrogens (primary N) is 1. The van der Waals surface area contributed by atoms with Crippen LogP contribution in [-0.4, -0.2) is 38.0 Å². The van der Waals surface area contributed by atoms with E-state index < -0.39 is 16.0 Å². The van der Waals surface area contributed by atoms with Gasteiger partial charge in [0.15, 0.2) is 0 Å². The lowest BCUT2D eigenvalue weighted by atomic mass is 10.3. The summed E-state index contributed by atoms with van der Waals surface area (Å²) in [4.78, 5) is 0. The lowest BCUT2D eigenvalue weighted by molar-refractivity contribution is -0.0439. The molecule has 1 heterocycles. The Morgan fingerprint density at radius 3 is 2.55 bits per heavy atom. The standard InChI is InChI=1S/C12H18FN3O3S/c1-8-6-16(7-9(2)19-8)20(17,18)15-12-5-10(13)3-4-11(12)14/h3-5,8-9,15H,6-7,14H2,1-2H3. The first-order valence-electron chi connectivity index (χ1n) is 6.26. The van der Waals surface area contributed by atoms with Gasteiger partial charge in [0.2, 0.25) is 0 Å². The Bertz CT molecular complexity index is 584. The van der Waals surface area contributed by atoms with E-state index >= 15 is 0 Å². The quantitative estimate of drug-likeness (QED) is 0.821. The van der Waals surface area contributed by atoms with Crippen LogP contribution in [0.4, 0.5) is 15.8 Å². The topological polar surface area (TPSA) is 84.7 Å². The van der Waals surface area contributed by atoms with Gasteiger partial charge in [-0.05, 0) is 26.0 Å². The van der Waals surface area contributed by atoms with Gasteiger partial charge in [0, 0.05) is 19.2 Å². The highest BCUT2D eigenvalue weighted by Gasteiger charge is 2.31. The number of rotatable bonds is 3. The Kier molecular flexibility index (Phi) is 4.17. The highest BCUT2D eigenvalue weighted by atomic mass is 32.2. The minimum absolute atomic E-state index is 0.0387. The summed E-state index contributed by atoms with van der Waals surface area (Å²) < 4.78 is 46.8. The molecule has 0 amide bonds. The second kappa shape index (κ2) is 5.55. The Labute approximate surface area is 117 Å². The van der Waals surface area contributed by atoms with Crippen LogP contribution in [0.3, 0.4) is 0 Å². The van der Waals surface area contributed by atoms with Crippen LogP contribution in [0.2, 0.25) is 0 Å². The molecule has 20 heavy (non-hydrogen) atoms. The second-order valence-corrected chi connectivity index (χ2v) is 6.58. The molecule has 1 aromatic rings. The first-order chi connectivity index (χ1) is 9.28. The van der Waals surface area contributed by atoms with Crippen molar-refractivity contribution >= 4 is 21.6 Å². The number of hydrogen-bond acceptors (Lipinski definition) is 4. The van der Waals surface area contributed by atoms with E-state index in [1.807, 2.05) is 0 Å². The molecule has 6 nitrogen and oxygen atoms in total. The Balaban J connectivity index is 2.20. The van der Waals surface area contributed by atoms with Gasteiger partial charge in [0.05, 0.1) is 23.6 Å². The number of ether oxygens (including phenoxy) is 1. The third-order valence-corrected chi connectivity index (χ3v) is 4.44. The molecule has 1 aliphatic rings. The van der Waals surface area contributed by atoms with Crippen molar-refractivity contribution in [3.8, 4) is 0 Å². The molecule has 1 aromatic carbocycles. The molecular formula is C12H18FN3O3S. The molecule has 1 fully saturated rings. The van der Waals surface area contributed by atoms with Crippen LogP contribution in [0, 0.1) is 5.82 Å². The molecule has 1 saturated heterocycles. The van der Waals surface area contributed by atoms with E-state index in [1.165, 1.54) is 16.4 Å². The second-order valence-electron chi connectivity index (χ2n) is 4.91. The van der Waals surface area contributed by atoms with Gasteiger partial charge in [0.25, 0.3) is 0 Å². The zero-order valence-electron chi connectivity index (χ0n) is 11.3. The van der Waals surface area contributed by atoms with Crippen molar-refractivity contribution in [1.29, 1.82) is 0 Å². The summed E-state index contributed by atoms with van der Waals surface area (Å²) in [5, 5.41) is 0. The third kappa shape index (κ3) is 3.38. The summed E-state index contributed by atoms with van der Waals surface area (Å²) in [6.07, 6.45) is -0.389. The molecule has 2 unspecified atom stereocenters. The predicted octanol–water partition coefficient (Wildman–Crippen LogP) is 1.17. The van der Waals surface area contributed by atoms with E-state index in [2.05, 4.69) is 4.72 Å². The number of halogens is 1. The van der Waals surface area contributed by atoms with Crippen LogP contribution in [-0.2, 0) is 14.9 Å². The molecule has 1 aliphatic heterocycles. The zero-order valence-corrected chi connectivity index (χ0v) is 12.2. The van der Waals surface area contributed by atoms with Gasteiger partial charge in [-0.2, -0.15) is 12.7 Å². The monoisotopic (exact) mass is 303 g/mol. The maximum atomic E-state index is 13.2. The van der Waals surface area contributed by atoms with Crippen molar-refractivity contribution < 1.29 is 17.5 Å². The van der Waals surface area contributed by atoms with E-state index in [4.69, 9.17) is 10.5 Å². The highest BCUT2D eigenvalue weighted by molar-refractivity contribution is 7.90. The number of nitrogens with one attached hydrogen (secondary N) is 1. The average molecular weight is 303 g/mol. The molecule has 2 atom stereocenters. The third-order valence-electron chi connectivity index (χ3n) is 2.98. The van der Waals surface area contributed by atoms with Crippen LogP contribution in [0.25, 0.3) is 0 Å². The number of nitrogen functional groups attached to an aromatic ring is 1. The molecule has 0 spiro atoms. The molecule has 0 radical (unpaired) electrons. The molecule has 2 rings (SSSR count). The molecule has 8 heteroatoms. The first kappa shape index (κ1) is 15.0. The number of morpholine rings is 1. The average Bonchev–Trinajstić information content (AvgIpc) is 2.32. The predicted molar refractivity (Wildman–Crippen MR) is 74.9 cm³/mol. The smallest absolute Gasteiger partial charge is 0.301 e. The van der Waals surface area contributed by atoms with Crippen molar-refractivity contribution in [2.24, 2.45) is 0 Å². The van der Waals surface area contributed by atoms with Crippen molar-refractivity contribution in [3.63, 3.8) is 0 Å². The summed E-state index contributed by atoms with van der Waals surface area (Å²) in [6.45, 7) is 4.09. The van der Waals surface area contributed by atoms with Crippen molar-refractivity contribution in [2.45, 2.75) is 26.1 Å². The fraction of sp³-hybridized carbons (Fsp3) is 0.500. The zero-order chi connectivity index (χ0) is 14.9. The van der Waals surface area contributed by atoms with Crippen molar-refractivity contribution in [1.82, 2.24) is 4.31 Å². The van der Waals surface area contributed by atoms with E-state index in [9.17, 15) is 12.8 Å². The maximum Gasteiger partial charge on any atom is 0.301 e. The van der Waals surface area contributed by atoms with Crippen LogP contribution in [0.5, 0.6) is 0 Å². The summed E-state index contributed by atoms with van der Waals surface area (Å²) >= 11 is 0. The van der Waals surface area contributed by atoms with Crippen LogP contribution in [0.1, 0.15) is 13.8 Å². The van der Waals surface area contributed by atoms with E-state index in [1.54, 1.807) is 13.8 Å². The first-order valence-corrected chi connectivity index (χ1v) is 7.70. The van der Waals surface area contributed by atoms with E-state index in [0.29, 0.717) is 0 Å². The van der Waals surface area contributed by atoms with Gasteiger partial charge in [-0.15, -0.1) is 0 Å². The normalized spacial score (nSPS) is 24.6. The molecule has 0 aromatic heterocycles. The Morgan fingerprint density at radius 1 is 1.35 bits per heavy atom. The molecule has 0 saturated carbocycles. The molecule has 112 valence electrons. The highest BCUT2D eigenvalue weighted by Crippen LogP contribution is 2.23. The number of benzene rings is 1.